The first-order valence-corrected chi connectivity index (χ1v) is 5.31. The quantitative estimate of drug-likeness (QED) is 0.636. The summed E-state index contributed by atoms with van der Waals surface area (Å²) in [7, 11) is 1.54. The maximum absolute atomic E-state index is 12.6. The molecule has 3 N–H and O–H groups in total. The average Bonchev–Trinajstić information content (AvgIpc) is 2.36. The number of aromatic nitrogens is 2. The Morgan fingerprint density at radius 2 is 2.16 bits per heavy atom. The van der Waals surface area contributed by atoms with E-state index in [0.717, 1.165) is 0 Å². The fraction of sp³-hybridized carbons (Fsp3) is 0.500. The molecule has 0 spiro atoms. The number of nitrogens with one attached hydrogen (secondary N) is 1. The van der Waals surface area contributed by atoms with Crippen molar-refractivity contribution in [2.24, 2.45) is 11.8 Å². The number of hydrogen-bond acceptors (Lipinski definition) is 6. The number of nitrogens with zero attached hydrogens (tertiary/aromatic N) is 4. The van der Waals surface area contributed by atoms with Crippen molar-refractivity contribution in [2.45, 2.75) is 13.1 Å². The van der Waals surface area contributed by atoms with E-state index in [9.17, 15) is 13.2 Å². The monoisotopic (exact) mass is 274 g/mol. The van der Waals surface area contributed by atoms with Crippen LogP contribution in [0.4, 0.5) is 24.8 Å². The topological polar surface area (TPSA) is 90.9 Å². The second kappa shape index (κ2) is 5.71. The molecule has 6 nitrogen and oxygen atoms in total. The molecule has 1 unspecified atom stereocenters. The van der Waals surface area contributed by atoms with Gasteiger partial charge >= 0.3 is 6.18 Å². The first-order chi connectivity index (χ1) is 8.77. The van der Waals surface area contributed by atoms with Crippen LogP contribution in [-0.2, 0) is 6.18 Å². The van der Waals surface area contributed by atoms with Crippen LogP contribution in [0.1, 0.15) is 12.7 Å². The number of hydrogen-bond donors (Lipinski definition) is 2. The second-order valence-electron chi connectivity index (χ2n) is 3.99. The van der Waals surface area contributed by atoms with E-state index >= 15 is 0 Å². The van der Waals surface area contributed by atoms with Crippen molar-refractivity contribution in [3.8, 4) is 6.07 Å². The molecule has 1 atom stereocenters. The number of alkyl halides is 3. The third-order valence-electron chi connectivity index (χ3n) is 2.27. The highest BCUT2D eigenvalue weighted by atomic mass is 19.4. The minimum Gasteiger partial charge on any atom is -0.358 e. The Bertz CT molecular complexity index is 481. The van der Waals surface area contributed by atoms with Crippen LogP contribution in [0.25, 0.3) is 0 Å². The minimum atomic E-state index is -4.66. The maximum Gasteiger partial charge on any atom is 0.451 e. The molecular weight excluding hydrogens is 261 g/mol. The van der Waals surface area contributed by atoms with E-state index in [2.05, 4.69) is 15.4 Å². The van der Waals surface area contributed by atoms with E-state index in [1.165, 1.54) is 18.0 Å². The summed E-state index contributed by atoms with van der Waals surface area (Å²) in [5, 5.41) is 8.69. The van der Waals surface area contributed by atoms with Gasteiger partial charge in [0.2, 0.25) is 5.82 Å². The molecule has 0 aliphatic rings. The van der Waals surface area contributed by atoms with Gasteiger partial charge in [-0.05, 0) is 6.92 Å². The van der Waals surface area contributed by atoms with Crippen molar-refractivity contribution in [3.05, 3.63) is 11.9 Å². The van der Waals surface area contributed by atoms with Crippen molar-refractivity contribution >= 4 is 11.6 Å². The lowest BCUT2D eigenvalue weighted by molar-refractivity contribution is -0.144. The van der Waals surface area contributed by atoms with Crippen LogP contribution in [0.5, 0.6) is 0 Å². The van der Waals surface area contributed by atoms with E-state index in [1.54, 1.807) is 6.92 Å². The number of nitrogens with two attached hydrogens (primary N) is 1. The molecule has 0 aromatic carbocycles. The highest BCUT2D eigenvalue weighted by Crippen LogP contribution is 2.28. The molecule has 0 radical (unpaired) electrons. The smallest absolute Gasteiger partial charge is 0.358 e. The van der Waals surface area contributed by atoms with Gasteiger partial charge in [-0.1, -0.05) is 0 Å². The van der Waals surface area contributed by atoms with Gasteiger partial charge in [0.05, 0.1) is 12.0 Å². The normalized spacial score (nSPS) is 12.7. The van der Waals surface area contributed by atoms with Gasteiger partial charge in [-0.25, -0.2) is 15.8 Å². The fourth-order valence-electron chi connectivity index (χ4n) is 1.38. The molecule has 0 aliphatic carbocycles. The van der Waals surface area contributed by atoms with E-state index in [1.807, 2.05) is 6.07 Å². The second-order valence-corrected chi connectivity index (χ2v) is 3.99. The number of hydrazine groups is 1. The van der Waals surface area contributed by atoms with Crippen molar-refractivity contribution < 1.29 is 13.2 Å². The van der Waals surface area contributed by atoms with Crippen LogP contribution in [-0.4, -0.2) is 23.6 Å². The molecule has 1 aromatic rings. The molecule has 0 saturated heterocycles. The van der Waals surface area contributed by atoms with Crippen LogP contribution in [0.2, 0.25) is 0 Å². The lowest BCUT2D eigenvalue weighted by Gasteiger charge is -2.20. The SMILES string of the molecule is CC(C#N)CN(C)c1cc(NN)nc(C(F)(F)F)n1. The molecule has 1 heterocycles. The third-order valence-corrected chi connectivity index (χ3v) is 2.27. The zero-order valence-corrected chi connectivity index (χ0v) is 10.4. The molecule has 1 rings (SSSR count). The summed E-state index contributed by atoms with van der Waals surface area (Å²) in [4.78, 5) is 8.10. The Morgan fingerprint density at radius 3 is 2.63 bits per heavy atom. The molecule has 9 heteroatoms. The predicted molar refractivity (Wildman–Crippen MR) is 62.9 cm³/mol. The molecule has 0 fully saturated rings. The van der Waals surface area contributed by atoms with Gasteiger partial charge < -0.3 is 10.3 Å². The summed E-state index contributed by atoms with van der Waals surface area (Å²) in [5.41, 5.74) is 2.06. The van der Waals surface area contributed by atoms with Crippen LogP contribution in [0.3, 0.4) is 0 Å². The first kappa shape index (κ1) is 15.0. The highest BCUT2D eigenvalue weighted by Gasteiger charge is 2.35. The number of rotatable bonds is 4. The molecule has 104 valence electrons. The van der Waals surface area contributed by atoms with E-state index in [0.29, 0.717) is 0 Å². The fourth-order valence-corrected chi connectivity index (χ4v) is 1.38. The Balaban J connectivity index is 3.10. The number of anilines is 2. The summed E-state index contributed by atoms with van der Waals surface area (Å²) in [6.45, 7) is 1.90. The van der Waals surface area contributed by atoms with Gasteiger partial charge in [0, 0.05) is 19.7 Å². The summed E-state index contributed by atoms with van der Waals surface area (Å²) in [6, 6.07) is 3.27. The highest BCUT2D eigenvalue weighted by molar-refractivity contribution is 5.48. The summed E-state index contributed by atoms with van der Waals surface area (Å²) >= 11 is 0. The Kier molecular flexibility index (Phi) is 4.50. The summed E-state index contributed by atoms with van der Waals surface area (Å²) in [5.74, 6) is 3.35. The molecule has 1 aromatic heterocycles. The lowest BCUT2D eigenvalue weighted by atomic mass is 10.2. The van der Waals surface area contributed by atoms with Gasteiger partial charge in [-0.2, -0.15) is 18.4 Å². The standard InChI is InChI=1S/C10H13F3N6/c1-6(4-14)5-19(2)8-3-7(18-15)16-9(17-8)10(11,12)13/h3,6H,5,15H2,1-2H3,(H,16,17,18). The number of nitrogen functional groups attached to an aromatic ring is 1. The van der Waals surface area contributed by atoms with Gasteiger partial charge in [0.25, 0.3) is 0 Å². The molecule has 0 saturated carbocycles. The number of halogens is 3. The zero-order chi connectivity index (χ0) is 14.6. The van der Waals surface area contributed by atoms with Crippen molar-refractivity contribution in [1.29, 1.82) is 5.26 Å². The third kappa shape index (κ3) is 3.96. The Morgan fingerprint density at radius 1 is 1.53 bits per heavy atom. The van der Waals surface area contributed by atoms with Gasteiger partial charge in [0.15, 0.2) is 0 Å². The molecule has 0 amide bonds. The summed E-state index contributed by atoms with van der Waals surface area (Å²) in [6.07, 6.45) is -4.66. The van der Waals surface area contributed by atoms with Crippen LogP contribution >= 0.6 is 0 Å². The largest absolute Gasteiger partial charge is 0.451 e. The van der Waals surface area contributed by atoms with E-state index in [-0.39, 0.29) is 24.1 Å². The molecule has 19 heavy (non-hydrogen) atoms. The summed E-state index contributed by atoms with van der Waals surface area (Å²) < 4.78 is 37.8. The predicted octanol–water partition coefficient (Wildman–Crippen LogP) is 1.38. The van der Waals surface area contributed by atoms with Gasteiger partial charge in [-0.15, -0.1) is 0 Å². The zero-order valence-electron chi connectivity index (χ0n) is 10.4. The molecule has 0 bridgehead atoms. The molecular formula is C10H13F3N6. The Labute approximate surface area is 108 Å². The van der Waals surface area contributed by atoms with Gasteiger partial charge in [-0.3, -0.25) is 0 Å². The van der Waals surface area contributed by atoms with Crippen LogP contribution < -0.4 is 16.2 Å². The van der Waals surface area contributed by atoms with Gasteiger partial charge in [0.1, 0.15) is 11.6 Å². The van der Waals surface area contributed by atoms with Crippen molar-refractivity contribution in [1.82, 2.24) is 9.97 Å². The van der Waals surface area contributed by atoms with Crippen molar-refractivity contribution in [3.63, 3.8) is 0 Å². The first-order valence-electron chi connectivity index (χ1n) is 5.31. The van der Waals surface area contributed by atoms with E-state index < -0.39 is 12.0 Å². The van der Waals surface area contributed by atoms with E-state index in [4.69, 9.17) is 11.1 Å². The van der Waals surface area contributed by atoms with Crippen molar-refractivity contribution in [2.75, 3.05) is 23.9 Å². The van der Waals surface area contributed by atoms with Crippen LogP contribution in [0, 0.1) is 17.2 Å². The minimum absolute atomic E-state index is 0.0392. The maximum atomic E-state index is 12.6. The molecule has 0 aliphatic heterocycles. The van der Waals surface area contributed by atoms with Crippen LogP contribution in [0.15, 0.2) is 6.07 Å². The lowest BCUT2D eigenvalue weighted by Crippen LogP contribution is -2.26. The average molecular weight is 274 g/mol. The Hall–Kier alpha value is -2.08. The number of nitriles is 1.